The third kappa shape index (κ3) is 6.83. The number of rotatable bonds is 11. The van der Waals surface area contributed by atoms with E-state index in [1.807, 2.05) is 68.6 Å². The summed E-state index contributed by atoms with van der Waals surface area (Å²) in [6.07, 6.45) is 1.85. The van der Waals surface area contributed by atoms with Crippen molar-refractivity contribution in [3.05, 3.63) is 54.7 Å². The number of amides is 2. The lowest BCUT2D eigenvalue weighted by Crippen LogP contribution is -2.42. The smallest absolute Gasteiger partial charge is 0.249 e. The highest BCUT2D eigenvalue weighted by Gasteiger charge is 2.20. The summed E-state index contributed by atoms with van der Waals surface area (Å²) in [6.45, 7) is 4.24. The number of hydrogen-bond donors (Lipinski definition) is 1. The zero-order valence-electron chi connectivity index (χ0n) is 20.8. The maximum absolute atomic E-state index is 13.0. The van der Waals surface area contributed by atoms with E-state index in [1.54, 1.807) is 18.8 Å². The third-order valence-corrected chi connectivity index (χ3v) is 5.23. The number of anilines is 1. The first-order valence-electron chi connectivity index (χ1n) is 11.3. The molecule has 0 saturated heterocycles. The minimum atomic E-state index is -0.350. The molecule has 1 aromatic heterocycles. The molecule has 2 amide bonds. The summed E-state index contributed by atoms with van der Waals surface area (Å²) in [4.78, 5) is 31.6. The topological polar surface area (TPSA) is 94.9 Å². The molecule has 0 bridgehead atoms. The molecule has 1 heterocycles. The molecule has 3 aromatic rings. The van der Waals surface area contributed by atoms with Gasteiger partial charge in [-0.25, -0.2) is 4.98 Å². The molecule has 0 fully saturated rings. The second-order valence-electron chi connectivity index (χ2n) is 8.40. The summed E-state index contributed by atoms with van der Waals surface area (Å²) in [5.41, 5.74) is 2.33. The molecule has 35 heavy (non-hydrogen) atoms. The van der Waals surface area contributed by atoms with Gasteiger partial charge in [0.05, 0.1) is 19.9 Å². The maximum Gasteiger partial charge on any atom is 0.249 e. The molecule has 0 aliphatic rings. The van der Waals surface area contributed by atoms with Gasteiger partial charge in [-0.05, 0) is 54.4 Å². The Balaban J connectivity index is 1.91. The predicted octanol–water partition coefficient (Wildman–Crippen LogP) is 3.63. The van der Waals surface area contributed by atoms with Crippen molar-refractivity contribution in [1.29, 1.82) is 0 Å². The van der Waals surface area contributed by atoms with Crippen molar-refractivity contribution in [1.82, 2.24) is 14.5 Å². The summed E-state index contributed by atoms with van der Waals surface area (Å²) in [5, 5.41) is 2.87. The predicted molar refractivity (Wildman–Crippen MR) is 134 cm³/mol. The first kappa shape index (κ1) is 25.8. The van der Waals surface area contributed by atoms with Gasteiger partial charge in [0.15, 0.2) is 0 Å². The van der Waals surface area contributed by atoms with E-state index < -0.39 is 0 Å². The van der Waals surface area contributed by atoms with Gasteiger partial charge in [-0.1, -0.05) is 13.8 Å². The van der Waals surface area contributed by atoms with Crippen LogP contribution in [0.5, 0.6) is 11.5 Å². The minimum absolute atomic E-state index is 0.0813. The Bertz CT molecular complexity index is 1120. The van der Waals surface area contributed by atoms with E-state index in [0.29, 0.717) is 18.2 Å². The average Bonchev–Trinajstić information content (AvgIpc) is 3.27. The number of imidazole rings is 1. The first-order valence-corrected chi connectivity index (χ1v) is 11.3. The Hall–Kier alpha value is -3.85. The molecule has 0 saturated carbocycles. The molecule has 0 unspecified atom stereocenters. The van der Waals surface area contributed by atoms with Crippen molar-refractivity contribution < 1.29 is 23.8 Å². The first-order chi connectivity index (χ1) is 16.8. The van der Waals surface area contributed by atoms with Crippen molar-refractivity contribution in [2.75, 3.05) is 46.3 Å². The fourth-order valence-corrected chi connectivity index (χ4v) is 3.56. The van der Waals surface area contributed by atoms with Crippen LogP contribution < -0.4 is 14.8 Å². The molecule has 1 N–H and O–H groups in total. The molecule has 0 aliphatic heterocycles. The van der Waals surface area contributed by atoms with Crippen LogP contribution in [0.25, 0.3) is 16.9 Å². The highest BCUT2D eigenvalue weighted by atomic mass is 16.5. The van der Waals surface area contributed by atoms with Gasteiger partial charge >= 0.3 is 0 Å². The minimum Gasteiger partial charge on any atom is -0.497 e. The summed E-state index contributed by atoms with van der Waals surface area (Å²) in [5.74, 6) is 1.41. The van der Waals surface area contributed by atoms with Crippen molar-refractivity contribution in [2.45, 2.75) is 13.8 Å². The molecule has 0 aliphatic carbocycles. The molecule has 9 nitrogen and oxygen atoms in total. The zero-order valence-corrected chi connectivity index (χ0v) is 20.8. The van der Waals surface area contributed by atoms with Crippen LogP contribution in [-0.2, 0) is 14.3 Å². The van der Waals surface area contributed by atoms with Gasteiger partial charge in [0.1, 0.15) is 24.7 Å². The Morgan fingerprint density at radius 3 is 2.11 bits per heavy atom. The van der Waals surface area contributed by atoms with Crippen LogP contribution in [0.2, 0.25) is 0 Å². The van der Waals surface area contributed by atoms with Crippen molar-refractivity contribution >= 4 is 17.8 Å². The van der Waals surface area contributed by atoms with Crippen molar-refractivity contribution in [3.8, 4) is 28.4 Å². The SMILES string of the molecule is COCC(=O)N(CC(=O)Nc1nc(-c2ccc(OC)cc2)cn1-c1ccc(OC)cc1)CC(C)C. The Morgan fingerprint density at radius 2 is 1.57 bits per heavy atom. The van der Waals surface area contributed by atoms with E-state index in [0.717, 1.165) is 22.7 Å². The van der Waals surface area contributed by atoms with Gasteiger partial charge in [-0.2, -0.15) is 0 Å². The Labute approximate surface area is 205 Å². The van der Waals surface area contributed by atoms with Crippen LogP contribution in [-0.4, -0.2) is 67.3 Å². The second kappa shape index (κ2) is 12.0. The zero-order chi connectivity index (χ0) is 25.4. The number of ether oxygens (including phenoxy) is 3. The lowest BCUT2D eigenvalue weighted by molar-refractivity contribution is -0.138. The molecule has 0 spiro atoms. The summed E-state index contributed by atoms with van der Waals surface area (Å²) in [7, 11) is 4.67. The van der Waals surface area contributed by atoms with Gasteiger partial charge < -0.3 is 19.1 Å². The second-order valence-corrected chi connectivity index (χ2v) is 8.40. The number of carbonyl (C=O) groups excluding carboxylic acids is 2. The number of aromatic nitrogens is 2. The molecule has 0 atom stereocenters. The molecule has 3 rings (SSSR count). The van der Waals surface area contributed by atoms with Gasteiger partial charge in [0.25, 0.3) is 0 Å². The average molecular weight is 481 g/mol. The van der Waals surface area contributed by atoms with Crippen LogP contribution in [0.1, 0.15) is 13.8 Å². The number of hydrogen-bond acceptors (Lipinski definition) is 6. The Morgan fingerprint density at radius 1 is 0.971 bits per heavy atom. The van der Waals surface area contributed by atoms with Crippen LogP contribution in [0, 0.1) is 5.92 Å². The summed E-state index contributed by atoms with van der Waals surface area (Å²) < 4.78 is 17.3. The molecule has 0 radical (unpaired) electrons. The van der Waals surface area contributed by atoms with E-state index in [4.69, 9.17) is 14.2 Å². The standard InChI is InChI=1S/C26H32N4O5/c1-18(2)14-29(25(32)17-33-3)16-24(31)28-26-27-23(19-6-10-21(34-4)11-7-19)15-30(26)20-8-12-22(35-5)13-9-20/h6-13,15,18H,14,16-17H2,1-5H3,(H,27,28,31). The normalized spacial score (nSPS) is 10.8. The highest BCUT2D eigenvalue weighted by Crippen LogP contribution is 2.27. The number of methoxy groups -OCH3 is 3. The lowest BCUT2D eigenvalue weighted by atomic mass is 10.1. The maximum atomic E-state index is 13.0. The van der Waals surface area contributed by atoms with Gasteiger partial charge in [-0.3, -0.25) is 19.5 Å². The summed E-state index contributed by atoms with van der Waals surface area (Å²) >= 11 is 0. The number of nitrogens with one attached hydrogen (secondary N) is 1. The molecular formula is C26H32N4O5. The van der Waals surface area contributed by atoms with E-state index in [-0.39, 0.29) is 30.9 Å². The molecule has 2 aromatic carbocycles. The fraction of sp³-hybridized carbons (Fsp3) is 0.346. The van der Waals surface area contributed by atoms with Gasteiger partial charge in [0.2, 0.25) is 17.8 Å². The van der Waals surface area contributed by atoms with Crippen LogP contribution in [0.4, 0.5) is 5.95 Å². The van der Waals surface area contributed by atoms with Crippen LogP contribution >= 0.6 is 0 Å². The summed E-state index contributed by atoms with van der Waals surface area (Å²) in [6, 6.07) is 14.9. The molecule has 9 heteroatoms. The Kier molecular flexibility index (Phi) is 8.86. The van der Waals surface area contributed by atoms with Crippen LogP contribution in [0.3, 0.4) is 0 Å². The number of benzene rings is 2. The van der Waals surface area contributed by atoms with Crippen molar-refractivity contribution in [3.63, 3.8) is 0 Å². The van der Waals surface area contributed by atoms with Gasteiger partial charge in [-0.15, -0.1) is 0 Å². The largest absolute Gasteiger partial charge is 0.497 e. The van der Waals surface area contributed by atoms with Crippen molar-refractivity contribution in [2.24, 2.45) is 5.92 Å². The molecular weight excluding hydrogens is 448 g/mol. The quantitative estimate of drug-likeness (QED) is 0.450. The monoisotopic (exact) mass is 480 g/mol. The van der Waals surface area contributed by atoms with E-state index >= 15 is 0 Å². The lowest BCUT2D eigenvalue weighted by Gasteiger charge is -2.23. The number of nitrogens with zero attached hydrogens (tertiary/aromatic N) is 3. The van der Waals surface area contributed by atoms with Crippen LogP contribution in [0.15, 0.2) is 54.7 Å². The van der Waals surface area contributed by atoms with E-state index in [1.165, 1.54) is 12.0 Å². The third-order valence-electron chi connectivity index (χ3n) is 5.23. The van der Waals surface area contributed by atoms with Gasteiger partial charge in [0, 0.05) is 31.1 Å². The van der Waals surface area contributed by atoms with E-state index in [9.17, 15) is 9.59 Å². The van der Waals surface area contributed by atoms with E-state index in [2.05, 4.69) is 10.3 Å². The molecule has 186 valence electrons. The number of carbonyl (C=O) groups is 2. The highest BCUT2D eigenvalue weighted by molar-refractivity contribution is 5.94. The fourth-order valence-electron chi connectivity index (χ4n) is 3.56.